The number of aromatic nitrogens is 5. The van der Waals surface area contributed by atoms with Crippen molar-refractivity contribution in [3.05, 3.63) is 69.2 Å². The molecule has 0 radical (unpaired) electrons. The van der Waals surface area contributed by atoms with Gasteiger partial charge in [0.1, 0.15) is 23.6 Å². The van der Waals surface area contributed by atoms with Crippen LogP contribution >= 0.6 is 11.6 Å². The average Bonchev–Trinajstić information content (AvgIpc) is 3.27. The molecule has 4 aromatic rings. The number of halogens is 2. The maximum absolute atomic E-state index is 15.1. The van der Waals surface area contributed by atoms with Crippen LogP contribution in [0.15, 0.2) is 41.3 Å². The number of fused-ring (bicyclic) bond motifs is 1. The zero-order chi connectivity index (χ0) is 24.7. The van der Waals surface area contributed by atoms with Gasteiger partial charge in [0, 0.05) is 43.0 Å². The molecule has 0 bridgehead atoms. The highest BCUT2D eigenvalue weighted by Gasteiger charge is 2.27. The Hall–Kier alpha value is -3.30. The molecule has 35 heavy (non-hydrogen) atoms. The van der Waals surface area contributed by atoms with Crippen molar-refractivity contribution in [3.8, 4) is 11.3 Å². The van der Waals surface area contributed by atoms with Crippen LogP contribution in [0.2, 0.25) is 5.02 Å². The van der Waals surface area contributed by atoms with E-state index in [9.17, 15) is 4.79 Å². The summed E-state index contributed by atoms with van der Waals surface area (Å²) in [6.45, 7) is 5.95. The second-order valence-corrected chi connectivity index (χ2v) is 9.08. The lowest BCUT2D eigenvalue weighted by molar-refractivity contribution is 0.0343. The molecular weight excluding hydrogens is 471 g/mol. The molecule has 1 atom stereocenters. The summed E-state index contributed by atoms with van der Waals surface area (Å²) in [7, 11) is 1.88. The first kappa shape index (κ1) is 23.4. The number of anilines is 1. The number of hydrogen-bond acceptors (Lipinski definition) is 6. The van der Waals surface area contributed by atoms with Gasteiger partial charge in [-0.25, -0.2) is 14.4 Å². The van der Waals surface area contributed by atoms with E-state index >= 15 is 4.39 Å². The van der Waals surface area contributed by atoms with Crippen LogP contribution in [0.5, 0.6) is 0 Å². The van der Waals surface area contributed by atoms with Crippen LogP contribution in [-0.4, -0.2) is 44.0 Å². The monoisotopic (exact) mass is 496 g/mol. The number of morpholine rings is 1. The van der Waals surface area contributed by atoms with Crippen molar-refractivity contribution in [3.63, 3.8) is 0 Å². The Morgan fingerprint density at radius 2 is 2.06 bits per heavy atom. The molecule has 0 spiro atoms. The third-order valence-electron chi connectivity index (χ3n) is 6.33. The van der Waals surface area contributed by atoms with Gasteiger partial charge in [0.2, 0.25) is 0 Å². The molecule has 0 aliphatic carbocycles. The van der Waals surface area contributed by atoms with Gasteiger partial charge in [-0.15, -0.1) is 0 Å². The molecule has 0 N–H and O–H groups in total. The minimum atomic E-state index is -0.541. The number of hydrogen-bond donors (Lipinski definition) is 0. The topological polar surface area (TPSA) is 78.1 Å². The van der Waals surface area contributed by atoms with E-state index in [1.165, 1.54) is 6.07 Å². The van der Waals surface area contributed by atoms with E-state index in [2.05, 4.69) is 10.00 Å². The van der Waals surface area contributed by atoms with Gasteiger partial charge in [-0.2, -0.15) is 5.10 Å². The summed E-state index contributed by atoms with van der Waals surface area (Å²) < 4.78 is 24.5. The van der Waals surface area contributed by atoms with E-state index in [0.29, 0.717) is 48.8 Å². The molecule has 1 aliphatic rings. The van der Waals surface area contributed by atoms with Crippen molar-refractivity contribution < 1.29 is 9.13 Å². The minimum absolute atomic E-state index is 0.197. The Morgan fingerprint density at radius 3 is 2.77 bits per heavy atom. The number of benzene rings is 1. The normalized spacial score (nSPS) is 16.3. The van der Waals surface area contributed by atoms with Crippen LogP contribution in [0.4, 0.5) is 10.2 Å². The molecular formula is C25H26ClFN6O2. The number of nitrogens with zero attached hydrogens (tertiary/aromatic N) is 6. The van der Waals surface area contributed by atoms with Gasteiger partial charge in [0.05, 0.1) is 35.4 Å². The number of pyridine rings is 1. The Labute approximate surface area is 206 Å². The molecule has 1 aromatic carbocycles. The first-order valence-corrected chi connectivity index (χ1v) is 12.0. The Balaban J connectivity index is 1.69. The van der Waals surface area contributed by atoms with Gasteiger partial charge >= 0.3 is 0 Å². The van der Waals surface area contributed by atoms with E-state index in [4.69, 9.17) is 26.3 Å². The zero-order valence-corrected chi connectivity index (χ0v) is 20.6. The molecule has 5 rings (SSSR count). The van der Waals surface area contributed by atoms with E-state index in [1.54, 1.807) is 27.6 Å². The third-order valence-corrected chi connectivity index (χ3v) is 6.56. The van der Waals surface area contributed by atoms with Crippen molar-refractivity contribution in [2.45, 2.75) is 32.9 Å². The quantitative estimate of drug-likeness (QED) is 0.410. The van der Waals surface area contributed by atoms with Crippen LogP contribution in [-0.2, 0) is 18.3 Å². The van der Waals surface area contributed by atoms with Crippen LogP contribution in [0.1, 0.15) is 31.0 Å². The summed E-state index contributed by atoms with van der Waals surface area (Å²) >= 11 is 6.00. The fraction of sp³-hybridized carbons (Fsp3) is 0.360. The molecule has 182 valence electrons. The molecule has 1 fully saturated rings. The standard InChI is InChI=1S/C25H26ClFN6O2/c1-4-9-33-15(2)29-19-13-22(32-10-11-35-21(14-32)20-7-8-28-31(20)3)30-24(23(19)25(33)34)17-6-5-16(26)12-18(17)27/h5-8,12-13,21H,4,9-11,14H2,1-3H3. The highest BCUT2D eigenvalue weighted by molar-refractivity contribution is 6.30. The summed E-state index contributed by atoms with van der Waals surface area (Å²) in [4.78, 5) is 25.2. The van der Waals surface area contributed by atoms with Crippen LogP contribution in [0.25, 0.3) is 22.2 Å². The first-order valence-electron chi connectivity index (χ1n) is 11.6. The average molecular weight is 497 g/mol. The van der Waals surface area contributed by atoms with E-state index in [1.807, 2.05) is 33.0 Å². The largest absolute Gasteiger partial charge is 0.368 e. The second-order valence-electron chi connectivity index (χ2n) is 8.65. The molecule has 10 heteroatoms. The maximum Gasteiger partial charge on any atom is 0.263 e. The highest BCUT2D eigenvalue weighted by Crippen LogP contribution is 2.33. The summed E-state index contributed by atoms with van der Waals surface area (Å²) in [6.07, 6.45) is 2.31. The maximum atomic E-state index is 15.1. The van der Waals surface area contributed by atoms with Crippen LogP contribution in [0.3, 0.4) is 0 Å². The Kier molecular flexibility index (Phi) is 6.29. The predicted octanol–water partition coefficient (Wildman–Crippen LogP) is 4.28. The van der Waals surface area contributed by atoms with Crippen molar-refractivity contribution >= 4 is 28.3 Å². The summed E-state index contributed by atoms with van der Waals surface area (Å²) in [5, 5.41) is 4.82. The molecule has 4 heterocycles. The van der Waals surface area contributed by atoms with E-state index in [-0.39, 0.29) is 27.9 Å². The second kappa shape index (κ2) is 9.39. The Bertz CT molecular complexity index is 1470. The number of ether oxygens (including phenoxy) is 1. The number of rotatable bonds is 5. The Morgan fingerprint density at radius 1 is 1.23 bits per heavy atom. The van der Waals surface area contributed by atoms with Gasteiger partial charge in [-0.3, -0.25) is 14.0 Å². The van der Waals surface area contributed by atoms with E-state index in [0.717, 1.165) is 12.1 Å². The molecule has 8 nitrogen and oxygen atoms in total. The zero-order valence-electron chi connectivity index (χ0n) is 19.8. The fourth-order valence-corrected chi connectivity index (χ4v) is 4.75. The fourth-order valence-electron chi connectivity index (χ4n) is 4.60. The molecule has 1 unspecified atom stereocenters. The smallest absolute Gasteiger partial charge is 0.263 e. The molecule has 3 aromatic heterocycles. The van der Waals surface area contributed by atoms with Crippen molar-refractivity contribution in [2.75, 3.05) is 24.6 Å². The number of aryl methyl sites for hydroxylation is 2. The lowest BCUT2D eigenvalue weighted by Crippen LogP contribution is -2.39. The van der Waals surface area contributed by atoms with Gasteiger partial charge in [0.15, 0.2) is 0 Å². The van der Waals surface area contributed by atoms with E-state index < -0.39 is 5.82 Å². The SMILES string of the molecule is CCCn1c(C)nc2cc(N3CCOC(c4ccnn4C)C3)nc(-c3ccc(Cl)cc3F)c2c1=O. The summed E-state index contributed by atoms with van der Waals surface area (Å²) in [5.74, 6) is 0.677. The molecule has 1 aliphatic heterocycles. The van der Waals surface area contributed by atoms with Crippen LogP contribution in [0, 0.1) is 12.7 Å². The summed E-state index contributed by atoms with van der Waals surface area (Å²) in [5.41, 5.74) is 1.68. The van der Waals surface area contributed by atoms with Gasteiger partial charge in [-0.05, 0) is 37.6 Å². The molecule has 1 saturated heterocycles. The van der Waals surface area contributed by atoms with Crippen molar-refractivity contribution in [1.82, 2.24) is 24.3 Å². The summed E-state index contributed by atoms with van der Waals surface area (Å²) in [6, 6.07) is 8.13. The first-order chi connectivity index (χ1) is 16.9. The third kappa shape index (κ3) is 4.30. The van der Waals surface area contributed by atoms with Crippen LogP contribution < -0.4 is 10.5 Å². The van der Waals surface area contributed by atoms with Gasteiger partial charge < -0.3 is 9.64 Å². The van der Waals surface area contributed by atoms with Crippen molar-refractivity contribution in [1.29, 1.82) is 0 Å². The lowest BCUT2D eigenvalue weighted by atomic mass is 10.1. The van der Waals surface area contributed by atoms with Crippen molar-refractivity contribution in [2.24, 2.45) is 7.05 Å². The van der Waals surface area contributed by atoms with Gasteiger partial charge in [-0.1, -0.05) is 18.5 Å². The van der Waals surface area contributed by atoms with Gasteiger partial charge in [0.25, 0.3) is 5.56 Å². The molecule has 0 amide bonds. The highest BCUT2D eigenvalue weighted by atomic mass is 35.5. The predicted molar refractivity (Wildman–Crippen MR) is 133 cm³/mol. The lowest BCUT2D eigenvalue weighted by Gasteiger charge is -2.34. The minimum Gasteiger partial charge on any atom is -0.368 e. The molecule has 0 saturated carbocycles.